The number of anilines is 1. The maximum atomic E-state index is 11.8. The molecule has 114 valence electrons. The summed E-state index contributed by atoms with van der Waals surface area (Å²) >= 11 is 0. The number of carboxylic acid groups (broad SMARTS) is 1. The van der Waals surface area contributed by atoms with E-state index in [0.29, 0.717) is 11.4 Å². The first-order valence-corrected chi connectivity index (χ1v) is 6.90. The number of nitrogens with one attached hydrogen (secondary N) is 2. The molecule has 7 nitrogen and oxygen atoms in total. The maximum absolute atomic E-state index is 11.8. The third-order valence-corrected chi connectivity index (χ3v) is 3.30. The quantitative estimate of drug-likeness (QED) is 0.762. The average Bonchev–Trinajstić information content (AvgIpc) is 2.94. The Hall–Kier alpha value is -2.15. The molecule has 0 aromatic carbocycles. The number of ether oxygens (including phenoxy) is 1. The van der Waals surface area contributed by atoms with Gasteiger partial charge in [0.1, 0.15) is 0 Å². The summed E-state index contributed by atoms with van der Waals surface area (Å²) in [5.74, 6) is -0.939. The highest BCUT2D eigenvalue weighted by Crippen LogP contribution is 2.15. The second-order valence-corrected chi connectivity index (χ2v) is 5.05. The van der Waals surface area contributed by atoms with Gasteiger partial charge < -0.3 is 20.5 Å². The van der Waals surface area contributed by atoms with Gasteiger partial charge in [0.15, 0.2) is 0 Å². The van der Waals surface area contributed by atoms with Crippen molar-refractivity contribution >= 4 is 17.7 Å². The van der Waals surface area contributed by atoms with Gasteiger partial charge in [0, 0.05) is 6.61 Å². The van der Waals surface area contributed by atoms with Gasteiger partial charge in [-0.05, 0) is 31.9 Å². The SMILES string of the molecule is CC(NC(=O)Nc1ccc(CC(=O)O)nc1)C1CCCO1. The first-order chi connectivity index (χ1) is 10.0. The number of hydrogen-bond donors (Lipinski definition) is 3. The first-order valence-electron chi connectivity index (χ1n) is 6.90. The Labute approximate surface area is 122 Å². The molecule has 2 heterocycles. The van der Waals surface area contributed by atoms with Crippen LogP contribution >= 0.6 is 0 Å². The van der Waals surface area contributed by atoms with Gasteiger partial charge in [-0.25, -0.2) is 4.79 Å². The van der Waals surface area contributed by atoms with Crippen LogP contribution in [-0.2, 0) is 16.0 Å². The van der Waals surface area contributed by atoms with Crippen LogP contribution in [0.4, 0.5) is 10.5 Å². The molecule has 1 aromatic rings. The number of pyridine rings is 1. The number of carboxylic acids is 1. The summed E-state index contributed by atoms with van der Waals surface area (Å²) in [5, 5.41) is 14.1. The fourth-order valence-corrected chi connectivity index (χ4v) is 2.22. The number of carbonyl (C=O) groups excluding carboxylic acids is 1. The Morgan fingerprint density at radius 2 is 2.33 bits per heavy atom. The fraction of sp³-hybridized carbons (Fsp3) is 0.500. The Morgan fingerprint density at radius 3 is 2.90 bits per heavy atom. The van der Waals surface area contributed by atoms with Crippen LogP contribution < -0.4 is 10.6 Å². The van der Waals surface area contributed by atoms with Crippen molar-refractivity contribution < 1.29 is 19.4 Å². The van der Waals surface area contributed by atoms with E-state index >= 15 is 0 Å². The highest BCUT2D eigenvalue weighted by molar-refractivity contribution is 5.89. The van der Waals surface area contributed by atoms with E-state index in [9.17, 15) is 9.59 Å². The largest absolute Gasteiger partial charge is 0.481 e. The number of aliphatic carboxylic acids is 1. The fourth-order valence-electron chi connectivity index (χ4n) is 2.22. The summed E-state index contributed by atoms with van der Waals surface area (Å²) in [5.41, 5.74) is 0.961. The zero-order valence-electron chi connectivity index (χ0n) is 11.8. The van der Waals surface area contributed by atoms with Gasteiger partial charge in [-0.2, -0.15) is 0 Å². The third kappa shape index (κ3) is 4.71. The molecule has 2 unspecified atom stereocenters. The number of amides is 2. The molecule has 0 spiro atoms. The Morgan fingerprint density at radius 1 is 1.52 bits per heavy atom. The van der Waals surface area contributed by atoms with Crippen LogP contribution in [-0.4, -0.2) is 40.8 Å². The molecule has 0 saturated carbocycles. The predicted octanol–water partition coefficient (Wildman–Crippen LogP) is 1.40. The van der Waals surface area contributed by atoms with E-state index in [1.807, 2.05) is 6.92 Å². The minimum absolute atomic E-state index is 0.0619. The minimum atomic E-state index is -0.939. The van der Waals surface area contributed by atoms with Crippen LogP contribution in [0.1, 0.15) is 25.5 Å². The van der Waals surface area contributed by atoms with Crippen molar-refractivity contribution in [3.63, 3.8) is 0 Å². The minimum Gasteiger partial charge on any atom is -0.481 e. The number of carbonyl (C=O) groups is 2. The summed E-state index contributed by atoms with van der Waals surface area (Å²) in [7, 11) is 0. The molecule has 0 radical (unpaired) electrons. The lowest BCUT2D eigenvalue weighted by molar-refractivity contribution is -0.136. The van der Waals surface area contributed by atoms with Crippen molar-refractivity contribution in [3.05, 3.63) is 24.0 Å². The first kappa shape index (κ1) is 15.2. The van der Waals surface area contributed by atoms with E-state index < -0.39 is 5.97 Å². The van der Waals surface area contributed by atoms with Gasteiger partial charge in [0.2, 0.25) is 0 Å². The summed E-state index contributed by atoms with van der Waals surface area (Å²) in [6.07, 6.45) is 3.34. The van der Waals surface area contributed by atoms with Gasteiger partial charge >= 0.3 is 12.0 Å². The Balaban J connectivity index is 1.83. The molecule has 1 aromatic heterocycles. The molecule has 0 aliphatic carbocycles. The predicted molar refractivity (Wildman–Crippen MR) is 76.2 cm³/mol. The highest BCUT2D eigenvalue weighted by atomic mass is 16.5. The van der Waals surface area contributed by atoms with Gasteiger partial charge in [-0.1, -0.05) is 0 Å². The van der Waals surface area contributed by atoms with Gasteiger partial charge in [0.05, 0.1) is 36.1 Å². The Bertz CT molecular complexity index is 497. The van der Waals surface area contributed by atoms with Crippen molar-refractivity contribution in [2.75, 3.05) is 11.9 Å². The maximum Gasteiger partial charge on any atom is 0.319 e. The monoisotopic (exact) mass is 293 g/mol. The van der Waals surface area contributed by atoms with Crippen molar-refractivity contribution in [1.29, 1.82) is 0 Å². The van der Waals surface area contributed by atoms with E-state index in [4.69, 9.17) is 9.84 Å². The van der Waals surface area contributed by atoms with E-state index in [1.54, 1.807) is 12.1 Å². The smallest absolute Gasteiger partial charge is 0.319 e. The highest BCUT2D eigenvalue weighted by Gasteiger charge is 2.23. The van der Waals surface area contributed by atoms with Crippen LogP contribution in [0, 0.1) is 0 Å². The van der Waals surface area contributed by atoms with Crippen molar-refractivity contribution in [1.82, 2.24) is 10.3 Å². The molecule has 21 heavy (non-hydrogen) atoms. The number of rotatable bonds is 5. The summed E-state index contributed by atoms with van der Waals surface area (Å²) < 4.78 is 5.51. The second kappa shape index (κ2) is 7.03. The second-order valence-electron chi connectivity index (χ2n) is 5.05. The molecule has 2 atom stereocenters. The molecular formula is C14H19N3O4. The van der Waals surface area contributed by atoms with Crippen LogP contribution in [0.25, 0.3) is 0 Å². The normalized spacial score (nSPS) is 19.0. The lowest BCUT2D eigenvalue weighted by Crippen LogP contribution is -2.43. The average molecular weight is 293 g/mol. The number of aromatic nitrogens is 1. The Kier molecular flexibility index (Phi) is 5.10. The van der Waals surface area contributed by atoms with Crippen molar-refractivity contribution in [2.24, 2.45) is 0 Å². The summed E-state index contributed by atoms with van der Waals surface area (Å²) in [4.78, 5) is 26.4. The molecule has 0 bridgehead atoms. The summed E-state index contributed by atoms with van der Waals surface area (Å²) in [6.45, 7) is 2.65. The molecule has 1 saturated heterocycles. The lowest BCUT2D eigenvalue weighted by Gasteiger charge is -2.20. The van der Waals surface area contributed by atoms with Crippen molar-refractivity contribution in [2.45, 2.75) is 38.3 Å². The molecular weight excluding hydrogens is 274 g/mol. The molecule has 2 rings (SSSR count). The van der Waals surface area contributed by atoms with E-state index in [2.05, 4.69) is 15.6 Å². The molecule has 2 amide bonds. The number of urea groups is 1. The topological polar surface area (TPSA) is 101 Å². The van der Waals surface area contributed by atoms with Gasteiger partial charge in [0.25, 0.3) is 0 Å². The molecule has 3 N–H and O–H groups in total. The lowest BCUT2D eigenvalue weighted by atomic mass is 10.1. The van der Waals surface area contributed by atoms with Crippen LogP contribution in [0.2, 0.25) is 0 Å². The zero-order valence-corrected chi connectivity index (χ0v) is 11.8. The molecule has 1 aliphatic rings. The molecule has 1 fully saturated rings. The van der Waals surface area contributed by atoms with Crippen LogP contribution in [0.5, 0.6) is 0 Å². The number of nitrogens with zero attached hydrogens (tertiary/aromatic N) is 1. The number of hydrogen-bond acceptors (Lipinski definition) is 4. The molecule has 1 aliphatic heterocycles. The summed E-state index contributed by atoms with van der Waals surface area (Å²) in [6, 6.07) is 2.81. The van der Waals surface area contributed by atoms with Crippen LogP contribution in [0.3, 0.4) is 0 Å². The zero-order chi connectivity index (χ0) is 15.2. The van der Waals surface area contributed by atoms with Crippen LogP contribution in [0.15, 0.2) is 18.3 Å². The van der Waals surface area contributed by atoms with Gasteiger partial charge in [-0.15, -0.1) is 0 Å². The van der Waals surface area contributed by atoms with E-state index in [-0.39, 0.29) is 24.6 Å². The van der Waals surface area contributed by atoms with Gasteiger partial charge in [-0.3, -0.25) is 9.78 Å². The van der Waals surface area contributed by atoms with Crippen molar-refractivity contribution in [3.8, 4) is 0 Å². The standard InChI is InChI=1S/C14H19N3O4/c1-9(12-3-2-6-21-12)16-14(20)17-11-5-4-10(15-8-11)7-13(18)19/h4-5,8-9,12H,2-3,6-7H2,1H3,(H,18,19)(H2,16,17,20). The third-order valence-electron chi connectivity index (χ3n) is 3.30. The molecule has 7 heteroatoms. The van der Waals surface area contributed by atoms with E-state index in [0.717, 1.165) is 19.4 Å². The van der Waals surface area contributed by atoms with E-state index in [1.165, 1.54) is 6.20 Å².